The largest absolute Gasteiger partial charge is 0.497 e. The van der Waals surface area contributed by atoms with Crippen molar-refractivity contribution in [2.75, 3.05) is 7.11 Å². The van der Waals surface area contributed by atoms with E-state index in [1.165, 1.54) is 6.92 Å². The maximum atomic E-state index is 11.5. The van der Waals surface area contributed by atoms with Crippen molar-refractivity contribution < 1.29 is 19.4 Å². The lowest BCUT2D eigenvalue weighted by molar-refractivity contribution is -0.143. The Bertz CT molecular complexity index is 414. The van der Waals surface area contributed by atoms with Crippen LogP contribution in [0.15, 0.2) is 24.3 Å². The summed E-state index contributed by atoms with van der Waals surface area (Å²) in [5, 5.41) is 11.4. The number of carboxylic acid groups (broad SMARTS) is 1. The zero-order valence-corrected chi connectivity index (χ0v) is 10.5. The molecule has 0 saturated carbocycles. The molecule has 1 rings (SSSR count). The molecule has 1 aromatic carbocycles. The lowest BCUT2D eigenvalue weighted by Gasteiger charge is -2.08. The van der Waals surface area contributed by atoms with Gasteiger partial charge < -0.3 is 15.2 Å². The van der Waals surface area contributed by atoms with Crippen LogP contribution in [0.3, 0.4) is 0 Å². The van der Waals surface area contributed by atoms with Crippen molar-refractivity contribution in [1.82, 2.24) is 5.32 Å². The van der Waals surface area contributed by atoms with Crippen molar-refractivity contribution in [2.45, 2.75) is 19.9 Å². The first-order valence-electron chi connectivity index (χ1n) is 5.65. The molecule has 1 amide bonds. The van der Waals surface area contributed by atoms with Crippen molar-refractivity contribution in [2.24, 2.45) is 5.92 Å². The highest BCUT2D eigenvalue weighted by Gasteiger charge is 2.15. The molecule has 0 saturated heterocycles. The second-order valence-corrected chi connectivity index (χ2v) is 4.07. The highest BCUT2D eigenvalue weighted by molar-refractivity contribution is 5.81. The zero-order chi connectivity index (χ0) is 13.5. The van der Waals surface area contributed by atoms with Gasteiger partial charge in [-0.05, 0) is 17.7 Å². The van der Waals surface area contributed by atoms with E-state index in [-0.39, 0.29) is 12.3 Å². The molecule has 0 spiro atoms. The summed E-state index contributed by atoms with van der Waals surface area (Å²) in [6.07, 6.45) is -0.00844. The van der Waals surface area contributed by atoms with E-state index in [4.69, 9.17) is 9.84 Å². The Hall–Kier alpha value is -2.04. The Morgan fingerprint density at radius 2 is 1.94 bits per heavy atom. The monoisotopic (exact) mass is 251 g/mol. The van der Waals surface area contributed by atoms with Crippen LogP contribution in [-0.4, -0.2) is 24.1 Å². The van der Waals surface area contributed by atoms with Gasteiger partial charge in [0.2, 0.25) is 5.91 Å². The van der Waals surface area contributed by atoms with E-state index in [1.807, 2.05) is 12.1 Å². The van der Waals surface area contributed by atoms with Crippen molar-refractivity contribution in [3.05, 3.63) is 29.8 Å². The fraction of sp³-hybridized carbons (Fsp3) is 0.385. The van der Waals surface area contributed by atoms with E-state index < -0.39 is 11.9 Å². The maximum absolute atomic E-state index is 11.5. The molecule has 0 bridgehead atoms. The normalized spacial score (nSPS) is 11.7. The minimum absolute atomic E-state index is 0.00844. The van der Waals surface area contributed by atoms with Crippen LogP contribution < -0.4 is 10.1 Å². The average Bonchev–Trinajstić information content (AvgIpc) is 2.36. The fourth-order valence-corrected chi connectivity index (χ4v) is 1.38. The molecule has 0 unspecified atom stereocenters. The van der Waals surface area contributed by atoms with E-state index in [9.17, 15) is 9.59 Å². The molecule has 0 aliphatic carbocycles. The molecule has 0 aliphatic rings. The van der Waals surface area contributed by atoms with Gasteiger partial charge >= 0.3 is 5.97 Å². The smallest absolute Gasteiger partial charge is 0.306 e. The van der Waals surface area contributed by atoms with Crippen LogP contribution in [0.4, 0.5) is 0 Å². The van der Waals surface area contributed by atoms with Crippen LogP contribution in [0.5, 0.6) is 5.75 Å². The van der Waals surface area contributed by atoms with Crippen LogP contribution >= 0.6 is 0 Å². The van der Waals surface area contributed by atoms with Crippen LogP contribution in [0.2, 0.25) is 0 Å². The summed E-state index contributed by atoms with van der Waals surface area (Å²) in [5.41, 5.74) is 0.937. The summed E-state index contributed by atoms with van der Waals surface area (Å²) in [6, 6.07) is 7.31. The number of hydrogen-bond donors (Lipinski definition) is 2. The second kappa shape index (κ2) is 6.64. The highest BCUT2D eigenvalue weighted by atomic mass is 16.5. The number of benzene rings is 1. The molecule has 0 aromatic heterocycles. The van der Waals surface area contributed by atoms with Gasteiger partial charge in [-0.25, -0.2) is 0 Å². The molecular weight excluding hydrogens is 234 g/mol. The van der Waals surface area contributed by atoms with E-state index in [1.54, 1.807) is 19.2 Å². The van der Waals surface area contributed by atoms with Gasteiger partial charge in [0.15, 0.2) is 0 Å². The number of carbonyl (C=O) groups is 2. The molecular formula is C13H17NO4. The number of nitrogens with one attached hydrogen (secondary N) is 1. The van der Waals surface area contributed by atoms with E-state index in [0.717, 1.165) is 11.3 Å². The number of carboxylic acids is 1. The van der Waals surface area contributed by atoms with E-state index in [0.29, 0.717) is 6.54 Å². The van der Waals surface area contributed by atoms with Gasteiger partial charge in [-0.3, -0.25) is 9.59 Å². The first-order valence-corrected chi connectivity index (χ1v) is 5.65. The Morgan fingerprint density at radius 1 is 1.33 bits per heavy atom. The maximum Gasteiger partial charge on any atom is 0.306 e. The van der Waals surface area contributed by atoms with Gasteiger partial charge in [-0.1, -0.05) is 19.1 Å². The number of carbonyl (C=O) groups excluding carboxylic acids is 1. The topological polar surface area (TPSA) is 75.6 Å². The first-order chi connectivity index (χ1) is 8.52. The molecule has 1 aromatic rings. The Balaban J connectivity index is 2.40. The molecule has 0 aliphatic heterocycles. The van der Waals surface area contributed by atoms with Gasteiger partial charge in [0.1, 0.15) is 5.75 Å². The van der Waals surface area contributed by atoms with Gasteiger partial charge in [-0.15, -0.1) is 0 Å². The molecule has 0 radical (unpaired) electrons. The van der Waals surface area contributed by atoms with Crippen LogP contribution in [0, 0.1) is 5.92 Å². The van der Waals surface area contributed by atoms with Crippen LogP contribution in [-0.2, 0) is 16.1 Å². The Morgan fingerprint density at radius 3 is 2.44 bits per heavy atom. The Kier molecular flexibility index (Phi) is 5.17. The number of hydrogen-bond acceptors (Lipinski definition) is 3. The number of rotatable bonds is 6. The van der Waals surface area contributed by atoms with E-state index >= 15 is 0 Å². The third-order valence-electron chi connectivity index (χ3n) is 2.56. The fourth-order valence-electron chi connectivity index (χ4n) is 1.38. The average molecular weight is 251 g/mol. The molecule has 0 heterocycles. The second-order valence-electron chi connectivity index (χ2n) is 4.07. The van der Waals surface area contributed by atoms with Gasteiger partial charge in [0.25, 0.3) is 0 Å². The summed E-state index contributed by atoms with van der Waals surface area (Å²) in [4.78, 5) is 22.0. The van der Waals surface area contributed by atoms with Gasteiger partial charge in [0.05, 0.1) is 13.0 Å². The summed E-state index contributed by atoms with van der Waals surface area (Å²) in [5.74, 6) is -1.14. The van der Waals surface area contributed by atoms with Gasteiger partial charge in [0, 0.05) is 13.0 Å². The van der Waals surface area contributed by atoms with Gasteiger partial charge in [-0.2, -0.15) is 0 Å². The SMILES string of the molecule is COc1ccc(CNC(=O)C[C@@H](C)C(=O)O)cc1. The summed E-state index contributed by atoms with van der Waals surface area (Å²) >= 11 is 0. The van der Waals surface area contributed by atoms with Crippen molar-refractivity contribution >= 4 is 11.9 Å². The van der Waals surface area contributed by atoms with Crippen LogP contribution in [0.1, 0.15) is 18.9 Å². The van der Waals surface area contributed by atoms with Crippen molar-refractivity contribution in [3.63, 3.8) is 0 Å². The molecule has 5 nitrogen and oxygen atoms in total. The predicted octanol–water partition coefficient (Wildman–Crippen LogP) is 1.42. The van der Waals surface area contributed by atoms with Crippen LogP contribution in [0.25, 0.3) is 0 Å². The summed E-state index contributed by atoms with van der Waals surface area (Å²) in [6.45, 7) is 1.89. The highest BCUT2D eigenvalue weighted by Crippen LogP contribution is 2.11. The quantitative estimate of drug-likeness (QED) is 0.801. The predicted molar refractivity (Wildman–Crippen MR) is 66.3 cm³/mol. The minimum Gasteiger partial charge on any atom is -0.497 e. The number of aliphatic carboxylic acids is 1. The van der Waals surface area contributed by atoms with E-state index in [2.05, 4.69) is 5.32 Å². The van der Waals surface area contributed by atoms with Crippen molar-refractivity contribution in [1.29, 1.82) is 0 Å². The number of ether oxygens (including phenoxy) is 1. The molecule has 2 N–H and O–H groups in total. The lowest BCUT2D eigenvalue weighted by Crippen LogP contribution is -2.26. The third-order valence-corrected chi connectivity index (χ3v) is 2.56. The minimum atomic E-state index is -0.963. The summed E-state index contributed by atoms with van der Waals surface area (Å²) < 4.78 is 5.02. The summed E-state index contributed by atoms with van der Waals surface area (Å²) in [7, 11) is 1.59. The number of methoxy groups -OCH3 is 1. The Labute approximate surface area is 106 Å². The third kappa shape index (κ3) is 4.45. The number of amides is 1. The molecule has 18 heavy (non-hydrogen) atoms. The lowest BCUT2D eigenvalue weighted by atomic mass is 10.1. The zero-order valence-electron chi connectivity index (χ0n) is 10.5. The first kappa shape index (κ1) is 14.0. The molecule has 5 heteroatoms. The molecule has 1 atom stereocenters. The standard InChI is InChI=1S/C13H17NO4/c1-9(13(16)17)7-12(15)14-8-10-3-5-11(18-2)6-4-10/h3-6,9H,7-8H2,1-2H3,(H,14,15)(H,16,17)/t9-/m1/s1. The molecule has 0 fully saturated rings. The molecule has 98 valence electrons. The van der Waals surface area contributed by atoms with Crippen molar-refractivity contribution in [3.8, 4) is 5.75 Å².